The molecule has 3 aromatic heterocycles. The monoisotopic (exact) mass is 201 g/mol. The summed E-state index contributed by atoms with van der Waals surface area (Å²) in [5.74, 6) is 0.787. The zero-order valence-electron chi connectivity index (χ0n) is 7.98. The first-order valence-electron chi connectivity index (χ1n) is 4.53. The molecule has 0 aromatic carbocycles. The van der Waals surface area contributed by atoms with Crippen molar-refractivity contribution >= 4 is 22.2 Å². The van der Waals surface area contributed by atoms with Crippen molar-refractivity contribution in [3.8, 4) is 0 Å². The van der Waals surface area contributed by atoms with Crippen molar-refractivity contribution in [2.45, 2.75) is 6.92 Å². The highest BCUT2D eigenvalue weighted by Gasteiger charge is 2.05. The van der Waals surface area contributed by atoms with E-state index in [2.05, 4.69) is 4.98 Å². The van der Waals surface area contributed by atoms with Crippen molar-refractivity contribution in [2.24, 2.45) is 0 Å². The number of fused-ring (bicyclic) bond motifs is 2. The Kier molecular flexibility index (Phi) is 1.48. The van der Waals surface area contributed by atoms with Crippen LogP contribution in [0, 0.1) is 6.92 Å². The largest absolute Gasteiger partial charge is 0.443 e. The van der Waals surface area contributed by atoms with Gasteiger partial charge >= 0.3 is 5.63 Å². The van der Waals surface area contributed by atoms with E-state index in [0.717, 1.165) is 16.5 Å². The molecule has 4 heteroatoms. The lowest BCUT2D eigenvalue weighted by Gasteiger charge is -1.93. The van der Waals surface area contributed by atoms with Crippen molar-refractivity contribution in [3.05, 3.63) is 40.4 Å². The molecule has 0 aliphatic rings. The van der Waals surface area contributed by atoms with Crippen LogP contribution in [0.4, 0.5) is 0 Å². The van der Waals surface area contributed by atoms with Crippen molar-refractivity contribution in [3.63, 3.8) is 0 Å². The van der Waals surface area contributed by atoms with Gasteiger partial charge in [-0.1, -0.05) is 0 Å². The number of aromatic nitrogens is 1. The Hall–Kier alpha value is -2.10. The summed E-state index contributed by atoms with van der Waals surface area (Å²) in [6, 6.07) is 6.85. The summed E-state index contributed by atoms with van der Waals surface area (Å²) in [7, 11) is 0. The van der Waals surface area contributed by atoms with Gasteiger partial charge in [-0.25, -0.2) is 4.79 Å². The number of hydrogen-bond acceptors (Lipinski definition) is 4. The Bertz CT molecular complexity index is 708. The van der Waals surface area contributed by atoms with Gasteiger partial charge < -0.3 is 8.83 Å². The number of hydrogen-bond donors (Lipinski definition) is 0. The van der Waals surface area contributed by atoms with E-state index in [1.807, 2.05) is 19.1 Å². The lowest BCUT2D eigenvalue weighted by molar-refractivity contribution is 0.538. The second-order valence-corrected chi connectivity index (χ2v) is 3.39. The molecule has 0 amide bonds. The van der Waals surface area contributed by atoms with Gasteiger partial charge in [0.2, 0.25) is 11.4 Å². The van der Waals surface area contributed by atoms with Crippen molar-refractivity contribution in [2.75, 3.05) is 0 Å². The minimum Gasteiger partial charge on any atom is -0.443 e. The summed E-state index contributed by atoms with van der Waals surface area (Å²) in [6.07, 6.45) is 0. The minimum atomic E-state index is -0.405. The van der Waals surface area contributed by atoms with Gasteiger partial charge in [0.15, 0.2) is 0 Å². The molecule has 0 fully saturated rings. The molecule has 3 heterocycles. The molecular formula is C11H7NO3. The van der Waals surface area contributed by atoms with Crippen LogP contribution >= 0.6 is 0 Å². The molecule has 0 atom stereocenters. The zero-order chi connectivity index (χ0) is 10.4. The van der Waals surface area contributed by atoms with Crippen LogP contribution in [0.1, 0.15) is 5.76 Å². The molecule has 0 saturated carbocycles. The molecule has 0 saturated heterocycles. The molecule has 15 heavy (non-hydrogen) atoms. The third-order valence-corrected chi connectivity index (χ3v) is 2.22. The molecule has 3 rings (SSSR count). The molecule has 0 radical (unpaired) electrons. The normalized spacial score (nSPS) is 11.3. The van der Waals surface area contributed by atoms with Gasteiger partial charge in [-0.15, -0.1) is 0 Å². The fourth-order valence-corrected chi connectivity index (χ4v) is 1.59. The number of nitrogens with zero attached hydrogens (tertiary/aromatic N) is 1. The second kappa shape index (κ2) is 2.70. The molecule has 4 nitrogen and oxygen atoms in total. The maximum atomic E-state index is 11.0. The van der Waals surface area contributed by atoms with E-state index in [4.69, 9.17) is 8.83 Å². The summed E-state index contributed by atoms with van der Waals surface area (Å²) < 4.78 is 10.3. The molecule has 0 unspecified atom stereocenters. The Morgan fingerprint density at radius 2 is 1.87 bits per heavy atom. The Balaban J connectivity index is 2.51. The van der Waals surface area contributed by atoms with Crippen LogP contribution in [0.25, 0.3) is 22.2 Å². The number of furan rings is 1. The molecule has 0 aliphatic carbocycles. The Morgan fingerprint density at radius 1 is 1.07 bits per heavy atom. The summed E-state index contributed by atoms with van der Waals surface area (Å²) >= 11 is 0. The lowest BCUT2D eigenvalue weighted by Crippen LogP contribution is -1.95. The smallest absolute Gasteiger partial charge is 0.337 e. The highest BCUT2D eigenvalue weighted by atomic mass is 16.4. The predicted octanol–water partition coefficient (Wildman–Crippen LogP) is 2.24. The van der Waals surface area contributed by atoms with Crippen molar-refractivity contribution in [1.29, 1.82) is 0 Å². The van der Waals surface area contributed by atoms with Crippen molar-refractivity contribution < 1.29 is 8.83 Å². The SMILES string of the molecule is Cc1cc2cc3ccc(=O)oc3nc2o1. The van der Waals surface area contributed by atoms with Gasteiger partial charge in [0.1, 0.15) is 5.76 Å². The van der Waals surface area contributed by atoms with E-state index in [0.29, 0.717) is 11.4 Å². The highest BCUT2D eigenvalue weighted by Crippen LogP contribution is 2.21. The van der Waals surface area contributed by atoms with Crippen LogP contribution in [0.5, 0.6) is 0 Å². The van der Waals surface area contributed by atoms with Gasteiger partial charge in [0.25, 0.3) is 0 Å². The van der Waals surface area contributed by atoms with Crippen LogP contribution in [0.3, 0.4) is 0 Å². The zero-order valence-corrected chi connectivity index (χ0v) is 7.98. The van der Waals surface area contributed by atoms with E-state index in [9.17, 15) is 4.79 Å². The summed E-state index contributed by atoms with van der Waals surface area (Å²) in [4.78, 5) is 15.1. The lowest BCUT2D eigenvalue weighted by atomic mass is 10.2. The van der Waals surface area contributed by atoms with E-state index in [1.165, 1.54) is 6.07 Å². The van der Waals surface area contributed by atoms with E-state index in [-0.39, 0.29) is 0 Å². The standard InChI is InChI=1S/C11H7NO3/c1-6-4-8-5-7-2-3-9(13)15-10(7)12-11(8)14-6/h2-5H,1H3. The minimum absolute atomic E-state index is 0.310. The fourth-order valence-electron chi connectivity index (χ4n) is 1.59. The first-order valence-corrected chi connectivity index (χ1v) is 4.53. The van der Waals surface area contributed by atoms with Gasteiger partial charge in [0.05, 0.1) is 0 Å². The van der Waals surface area contributed by atoms with Gasteiger partial charge in [-0.2, -0.15) is 4.98 Å². The maximum Gasteiger partial charge on any atom is 0.337 e. The summed E-state index contributed by atoms with van der Waals surface area (Å²) in [5, 5.41) is 1.71. The molecule has 0 N–H and O–H groups in total. The van der Waals surface area contributed by atoms with Crippen LogP contribution in [0.2, 0.25) is 0 Å². The first-order chi connectivity index (χ1) is 7.22. The topological polar surface area (TPSA) is 56.2 Å². The predicted molar refractivity (Wildman–Crippen MR) is 54.8 cm³/mol. The molecule has 0 spiro atoms. The second-order valence-electron chi connectivity index (χ2n) is 3.39. The van der Waals surface area contributed by atoms with Crippen LogP contribution in [0.15, 0.2) is 37.9 Å². The van der Waals surface area contributed by atoms with Crippen molar-refractivity contribution in [1.82, 2.24) is 4.98 Å². The van der Waals surface area contributed by atoms with Gasteiger partial charge in [-0.3, -0.25) is 0 Å². The number of pyridine rings is 1. The average Bonchev–Trinajstić information content (AvgIpc) is 2.53. The van der Waals surface area contributed by atoms with E-state index < -0.39 is 5.63 Å². The molecular weight excluding hydrogens is 194 g/mol. The maximum absolute atomic E-state index is 11.0. The third-order valence-electron chi connectivity index (χ3n) is 2.22. The van der Waals surface area contributed by atoms with E-state index >= 15 is 0 Å². The fraction of sp³-hybridized carbons (Fsp3) is 0.0909. The summed E-state index contributed by atoms with van der Waals surface area (Å²) in [6.45, 7) is 1.85. The summed E-state index contributed by atoms with van der Waals surface area (Å²) in [5.41, 5.74) is 0.399. The van der Waals surface area contributed by atoms with Crippen LogP contribution in [-0.4, -0.2) is 4.98 Å². The number of rotatable bonds is 0. The highest BCUT2D eigenvalue weighted by molar-refractivity contribution is 5.87. The third kappa shape index (κ3) is 1.22. The number of aryl methyl sites for hydroxylation is 1. The molecule has 0 aliphatic heterocycles. The van der Waals surface area contributed by atoms with Gasteiger partial charge in [-0.05, 0) is 25.1 Å². The average molecular weight is 201 g/mol. The quantitative estimate of drug-likeness (QED) is 0.559. The Labute approximate surface area is 84.1 Å². The Morgan fingerprint density at radius 3 is 2.73 bits per heavy atom. The first kappa shape index (κ1) is 8.23. The molecule has 74 valence electrons. The molecule has 0 bridgehead atoms. The van der Waals surface area contributed by atoms with E-state index in [1.54, 1.807) is 6.07 Å². The molecule has 3 aromatic rings. The van der Waals surface area contributed by atoms with Gasteiger partial charge in [0, 0.05) is 16.8 Å². The van der Waals surface area contributed by atoms with Crippen LogP contribution in [-0.2, 0) is 0 Å². The van der Waals surface area contributed by atoms with Crippen LogP contribution < -0.4 is 5.63 Å².